The first-order chi connectivity index (χ1) is 20.6. The summed E-state index contributed by atoms with van der Waals surface area (Å²) in [6, 6.07) is 0. The lowest BCUT2D eigenvalue weighted by molar-refractivity contribution is -0.0383. The largest absolute Gasteiger partial charge is 0.443 e. The van der Waals surface area contributed by atoms with Crippen molar-refractivity contribution in [2.45, 2.75) is 155 Å². The number of rotatable bonds is 7. The molecule has 1 fully saturated rings. The summed E-state index contributed by atoms with van der Waals surface area (Å²) in [6.45, 7) is 32.9. The fourth-order valence-electron chi connectivity index (χ4n) is 4.28. The minimum Gasteiger partial charge on any atom is -0.443 e. The number of nitrogens with zero attached hydrogens (tertiary/aromatic N) is 5. The van der Waals surface area contributed by atoms with Gasteiger partial charge in [0.25, 0.3) is 0 Å². The molecule has 3 atom stereocenters. The second-order valence-electron chi connectivity index (χ2n) is 17.2. The number of imidazole rings is 1. The van der Waals surface area contributed by atoms with Crippen LogP contribution in [0.4, 0.5) is 15.4 Å². The average Bonchev–Trinajstić information content (AvgIpc) is 3.43. The van der Waals surface area contributed by atoms with E-state index in [1.807, 2.05) is 0 Å². The smallest absolute Gasteiger partial charge is 0.425 e. The third-order valence-corrected chi connectivity index (χ3v) is 17.9. The van der Waals surface area contributed by atoms with Crippen molar-refractivity contribution < 1.29 is 32.7 Å². The van der Waals surface area contributed by atoms with Crippen LogP contribution in [0, 0.1) is 0 Å². The molecule has 1 unspecified atom stereocenters. The Morgan fingerprint density at radius 1 is 0.848 bits per heavy atom. The molecule has 14 heteroatoms. The number of aromatic nitrogens is 4. The highest BCUT2D eigenvalue weighted by Gasteiger charge is 2.47. The van der Waals surface area contributed by atoms with Crippen LogP contribution in [-0.4, -0.2) is 78.4 Å². The molecule has 2 aromatic rings. The first-order valence-corrected chi connectivity index (χ1v) is 21.9. The molecule has 46 heavy (non-hydrogen) atoms. The van der Waals surface area contributed by atoms with Crippen molar-refractivity contribution in [2.75, 3.05) is 11.5 Å². The quantitative estimate of drug-likeness (QED) is 0.264. The normalized spacial score (nSPS) is 20.2. The molecule has 0 aromatic carbocycles. The molecule has 0 N–H and O–H groups in total. The minimum absolute atomic E-state index is 0.00649. The molecule has 3 rings (SSSR count). The number of ether oxygens (including phenoxy) is 3. The highest BCUT2D eigenvalue weighted by molar-refractivity contribution is 6.74. The Labute approximate surface area is 277 Å². The van der Waals surface area contributed by atoms with Gasteiger partial charge in [-0.25, -0.2) is 24.5 Å². The Balaban J connectivity index is 2.03. The Bertz CT molecular complexity index is 1370. The van der Waals surface area contributed by atoms with Crippen molar-refractivity contribution in [1.82, 2.24) is 19.5 Å². The monoisotopic (exact) mass is 679 g/mol. The molecule has 260 valence electrons. The van der Waals surface area contributed by atoms with Gasteiger partial charge in [0.05, 0.1) is 19.0 Å². The van der Waals surface area contributed by atoms with E-state index in [1.54, 1.807) is 52.4 Å². The van der Waals surface area contributed by atoms with E-state index >= 15 is 0 Å². The van der Waals surface area contributed by atoms with E-state index in [1.165, 1.54) is 6.33 Å². The SMILES string of the molecule is CC(C)(C)OC(=O)N(C(=O)OC(C)(C)C)c1ncnc2c1ncn2[C@H]1CC(O[Si](C)(C)C(C)(C)C)[C@@H](CO[Si](C)(C)C(C)(C)C)O1. The van der Waals surface area contributed by atoms with Crippen molar-refractivity contribution in [3.8, 4) is 0 Å². The number of anilines is 1. The summed E-state index contributed by atoms with van der Waals surface area (Å²) >= 11 is 0. The van der Waals surface area contributed by atoms with Crippen LogP contribution in [0.5, 0.6) is 0 Å². The summed E-state index contributed by atoms with van der Waals surface area (Å²) < 4.78 is 33.2. The fraction of sp³-hybridized carbons (Fsp3) is 0.781. The zero-order valence-electron chi connectivity index (χ0n) is 30.9. The second-order valence-corrected chi connectivity index (χ2v) is 26.7. The molecule has 0 radical (unpaired) electrons. The van der Waals surface area contributed by atoms with Crippen molar-refractivity contribution in [2.24, 2.45) is 0 Å². The average molecular weight is 680 g/mol. The molecule has 0 bridgehead atoms. The van der Waals surface area contributed by atoms with E-state index in [-0.39, 0.29) is 33.6 Å². The number of fused-ring (bicyclic) bond motifs is 1. The van der Waals surface area contributed by atoms with Gasteiger partial charge in [0.15, 0.2) is 33.6 Å². The lowest BCUT2D eigenvalue weighted by Crippen LogP contribution is -2.48. The molecule has 0 aliphatic carbocycles. The van der Waals surface area contributed by atoms with Gasteiger partial charge in [0.2, 0.25) is 0 Å². The molecule has 0 spiro atoms. The van der Waals surface area contributed by atoms with Gasteiger partial charge in [0, 0.05) is 6.42 Å². The standard InChI is InChI=1S/C32H57N5O7Si2/c1-29(2,3)42-27(38)37(28(39)43-30(4,5)6)26-24-25(33-19-34-26)36(20-35-24)23-17-21(44-46(15,16)32(10,11)12)22(41-23)18-40-45(13,14)31(7,8)9/h19-23H,17-18H2,1-16H3/t21?,22-,23-/m1/s1. The Morgan fingerprint density at radius 3 is 1.85 bits per heavy atom. The number of amides is 2. The predicted molar refractivity (Wildman–Crippen MR) is 184 cm³/mol. The highest BCUT2D eigenvalue weighted by atomic mass is 28.4. The number of hydrogen-bond donors (Lipinski definition) is 0. The maximum absolute atomic E-state index is 13.4. The molecule has 3 heterocycles. The predicted octanol–water partition coefficient (Wildman–Crippen LogP) is 8.20. The molecule has 2 amide bonds. The Hall–Kier alpha value is -2.40. The van der Waals surface area contributed by atoms with E-state index in [2.05, 4.69) is 82.7 Å². The van der Waals surface area contributed by atoms with Crippen LogP contribution in [0.2, 0.25) is 36.3 Å². The summed E-state index contributed by atoms with van der Waals surface area (Å²) in [5.41, 5.74) is -1.13. The summed E-state index contributed by atoms with van der Waals surface area (Å²) in [6.07, 6.45) is 0.557. The molecule has 1 saturated heterocycles. The molecule has 2 aromatic heterocycles. The Morgan fingerprint density at radius 2 is 1.37 bits per heavy atom. The van der Waals surface area contributed by atoms with E-state index in [0.29, 0.717) is 18.7 Å². The van der Waals surface area contributed by atoms with Crippen LogP contribution in [0.15, 0.2) is 12.7 Å². The number of hydrogen-bond acceptors (Lipinski definition) is 10. The topological polar surface area (TPSA) is 127 Å². The zero-order valence-corrected chi connectivity index (χ0v) is 32.9. The van der Waals surface area contributed by atoms with Crippen LogP contribution in [0.3, 0.4) is 0 Å². The summed E-state index contributed by atoms with van der Waals surface area (Å²) in [7, 11) is -4.23. The maximum Gasteiger partial charge on any atom is 0.425 e. The maximum atomic E-state index is 13.4. The second kappa shape index (κ2) is 12.9. The van der Waals surface area contributed by atoms with E-state index in [9.17, 15) is 9.59 Å². The van der Waals surface area contributed by atoms with E-state index < -0.39 is 46.3 Å². The van der Waals surface area contributed by atoms with Crippen molar-refractivity contribution in [1.29, 1.82) is 0 Å². The summed E-state index contributed by atoms with van der Waals surface area (Å²) in [4.78, 5) is 40.9. The van der Waals surface area contributed by atoms with Gasteiger partial charge < -0.3 is 23.1 Å². The van der Waals surface area contributed by atoms with Gasteiger partial charge in [0.1, 0.15) is 29.9 Å². The van der Waals surface area contributed by atoms with Crippen LogP contribution < -0.4 is 4.90 Å². The molecule has 1 aliphatic heterocycles. The van der Waals surface area contributed by atoms with Crippen molar-refractivity contribution in [3.63, 3.8) is 0 Å². The Kier molecular flexibility index (Phi) is 10.7. The van der Waals surface area contributed by atoms with Crippen molar-refractivity contribution >= 4 is 45.8 Å². The number of carbonyl (C=O) groups is 2. The third-order valence-electron chi connectivity index (χ3n) is 8.86. The lowest BCUT2D eigenvalue weighted by atomic mass is 10.2. The third kappa shape index (κ3) is 8.94. The van der Waals surface area contributed by atoms with Crippen LogP contribution >= 0.6 is 0 Å². The van der Waals surface area contributed by atoms with Gasteiger partial charge in [-0.05, 0) is 77.8 Å². The molecular weight excluding hydrogens is 623 g/mol. The van der Waals surface area contributed by atoms with Gasteiger partial charge in [-0.2, -0.15) is 4.90 Å². The summed E-state index contributed by atoms with van der Waals surface area (Å²) in [5, 5.41) is 0.0509. The molecule has 1 aliphatic rings. The van der Waals surface area contributed by atoms with E-state index in [0.717, 1.165) is 4.90 Å². The first kappa shape index (κ1) is 38.1. The summed E-state index contributed by atoms with van der Waals surface area (Å²) in [5.74, 6) is -0.0443. The van der Waals surface area contributed by atoms with Gasteiger partial charge in [-0.3, -0.25) is 4.57 Å². The molecule has 0 saturated carbocycles. The lowest BCUT2D eigenvalue weighted by Gasteiger charge is -2.40. The van der Waals surface area contributed by atoms with Crippen LogP contribution in [-0.2, 0) is 23.1 Å². The van der Waals surface area contributed by atoms with Gasteiger partial charge in [-0.15, -0.1) is 0 Å². The number of carbonyl (C=O) groups excluding carboxylic acids is 2. The minimum atomic E-state index is -2.16. The molecular formula is C32H57N5O7Si2. The first-order valence-electron chi connectivity index (χ1n) is 16.0. The van der Waals surface area contributed by atoms with Crippen LogP contribution in [0.1, 0.15) is 95.7 Å². The van der Waals surface area contributed by atoms with Crippen molar-refractivity contribution in [3.05, 3.63) is 12.7 Å². The van der Waals surface area contributed by atoms with Gasteiger partial charge in [-0.1, -0.05) is 41.5 Å². The zero-order chi connectivity index (χ0) is 35.3. The van der Waals surface area contributed by atoms with E-state index in [4.69, 9.17) is 23.1 Å². The van der Waals surface area contributed by atoms with Gasteiger partial charge >= 0.3 is 12.2 Å². The van der Waals surface area contributed by atoms with Crippen LogP contribution in [0.25, 0.3) is 11.2 Å². The fourth-order valence-corrected chi connectivity index (χ4v) is 6.66. The highest BCUT2D eigenvalue weighted by Crippen LogP contribution is 2.43. The number of imide groups is 1. The molecule has 12 nitrogen and oxygen atoms in total.